The van der Waals surface area contributed by atoms with Gasteiger partial charge in [0, 0.05) is 41.6 Å². The molecule has 2 aromatic carbocycles. The number of aromatic amines is 1. The van der Waals surface area contributed by atoms with Gasteiger partial charge < -0.3 is 10.7 Å². The van der Waals surface area contributed by atoms with Crippen molar-refractivity contribution >= 4 is 40.0 Å². The maximum absolute atomic E-state index is 12.3. The average Bonchev–Trinajstić information content (AvgIpc) is 3.44. The normalized spacial score (nSPS) is 11.1. The minimum Gasteiger partial charge on any atom is -0.351 e. The molecule has 3 aromatic heterocycles. The zero-order valence-corrected chi connectivity index (χ0v) is 18.6. The van der Waals surface area contributed by atoms with E-state index in [0.29, 0.717) is 28.6 Å². The van der Waals surface area contributed by atoms with E-state index < -0.39 is 6.03 Å². The largest absolute Gasteiger partial charge is 0.351 e. The number of pyridine rings is 1. The molecule has 33 heavy (non-hydrogen) atoms. The van der Waals surface area contributed by atoms with Gasteiger partial charge in [-0.25, -0.2) is 9.78 Å². The number of fused-ring (bicyclic) bond motifs is 1. The van der Waals surface area contributed by atoms with Crippen LogP contribution < -0.4 is 10.6 Å². The van der Waals surface area contributed by atoms with E-state index in [2.05, 4.69) is 9.97 Å². The van der Waals surface area contributed by atoms with Crippen molar-refractivity contribution < 1.29 is 4.79 Å². The molecule has 8 heteroatoms. The van der Waals surface area contributed by atoms with Gasteiger partial charge in [-0.05, 0) is 42.8 Å². The van der Waals surface area contributed by atoms with Crippen molar-refractivity contribution in [3.05, 3.63) is 84.3 Å². The Kier molecular flexibility index (Phi) is 5.32. The lowest BCUT2D eigenvalue weighted by atomic mass is 10.00. The van der Waals surface area contributed by atoms with Crippen LogP contribution in [0.15, 0.2) is 79.3 Å². The number of carbonyl (C=O) groups is 1. The summed E-state index contributed by atoms with van der Waals surface area (Å²) in [5, 5.41) is 6.26. The fraction of sp³-hybridized carbons (Fsp3) is 0.0800. The second-order valence-electron chi connectivity index (χ2n) is 7.53. The Balaban J connectivity index is 1.68. The highest BCUT2D eigenvalue weighted by molar-refractivity contribution is 6.36. The molecule has 2 amide bonds. The predicted octanol–water partition coefficient (Wildman–Crippen LogP) is 5.98. The summed E-state index contributed by atoms with van der Waals surface area (Å²) in [6.07, 6.45) is 5.49. The number of urea groups is 1. The molecule has 0 fully saturated rings. The highest BCUT2D eigenvalue weighted by Gasteiger charge is 2.20. The van der Waals surface area contributed by atoms with Crippen LogP contribution in [0, 0.1) is 0 Å². The Morgan fingerprint density at radius 2 is 1.88 bits per heavy atom. The van der Waals surface area contributed by atoms with Gasteiger partial charge in [0.05, 0.1) is 16.4 Å². The van der Waals surface area contributed by atoms with Crippen LogP contribution in [0.2, 0.25) is 5.02 Å². The van der Waals surface area contributed by atoms with E-state index in [9.17, 15) is 4.79 Å². The van der Waals surface area contributed by atoms with Gasteiger partial charge in [0.1, 0.15) is 11.3 Å². The highest BCUT2D eigenvalue weighted by Crippen LogP contribution is 2.39. The molecule has 0 unspecified atom stereocenters. The van der Waals surface area contributed by atoms with Crippen molar-refractivity contribution in [3.8, 4) is 22.4 Å². The van der Waals surface area contributed by atoms with Crippen LogP contribution in [0.1, 0.15) is 6.92 Å². The van der Waals surface area contributed by atoms with Gasteiger partial charge in [0.2, 0.25) is 0 Å². The van der Waals surface area contributed by atoms with E-state index in [1.54, 1.807) is 12.4 Å². The van der Waals surface area contributed by atoms with E-state index in [1.165, 1.54) is 4.90 Å². The van der Waals surface area contributed by atoms with Gasteiger partial charge >= 0.3 is 6.03 Å². The number of halogens is 1. The third kappa shape index (κ3) is 3.72. The fourth-order valence-corrected chi connectivity index (χ4v) is 4.25. The number of nitrogens with one attached hydrogen (secondary N) is 1. The molecular weight excluding hydrogens is 436 g/mol. The zero-order valence-electron chi connectivity index (χ0n) is 17.9. The van der Waals surface area contributed by atoms with E-state index in [4.69, 9.17) is 22.4 Å². The lowest BCUT2D eigenvalue weighted by Crippen LogP contribution is -2.31. The first-order valence-electron chi connectivity index (χ1n) is 10.5. The van der Waals surface area contributed by atoms with Crippen molar-refractivity contribution in [2.75, 3.05) is 4.90 Å². The molecule has 7 nitrogen and oxygen atoms in total. The monoisotopic (exact) mass is 456 g/mol. The minimum absolute atomic E-state index is 0.562. The molecule has 5 aromatic rings. The summed E-state index contributed by atoms with van der Waals surface area (Å²) in [6, 6.07) is 18.3. The quantitative estimate of drug-likeness (QED) is 0.340. The SMILES string of the molecule is CCn1cc(-c2ccnc3[nH]cc(Cl)c23)c(-c2cccc(N(C(N)=O)c3ccccc3)c2)n1. The number of anilines is 2. The number of nitrogens with two attached hydrogens (primary N) is 1. The Morgan fingerprint density at radius 1 is 1.09 bits per heavy atom. The Bertz CT molecular complexity index is 1460. The summed E-state index contributed by atoms with van der Waals surface area (Å²) in [4.78, 5) is 21.3. The van der Waals surface area contributed by atoms with Gasteiger partial charge in [-0.3, -0.25) is 9.58 Å². The van der Waals surface area contributed by atoms with Crippen molar-refractivity contribution in [2.24, 2.45) is 5.73 Å². The van der Waals surface area contributed by atoms with Crippen LogP contribution in [0.4, 0.5) is 16.2 Å². The number of benzene rings is 2. The van der Waals surface area contributed by atoms with Crippen molar-refractivity contribution in [3.63, 3.8) is 0 Å². The van der Waals surface area contributed by atoms with Crippen LogP contribution in [-0.2, 0) is 6.54 Å². The summed E-state index contributed by atoms with van der Waals surface area (Å²) in [5.74, 6) is 0. The van der Waals surface area contributed by atoms with Crippen LogP contribution in [-0.4, -0.2) is 25.8 Å². The second-order valence-corrected chi connectivity index (χ2v) is 7.93. The number of aryl methyl sites for hydroxylation is 1. The van der Waals surface area contributed by atoms with E-state index in [0.717, 1.165) is 27.8 Å². The standard InChI is InChI=1S/C25H21ClN6O/c1-2-31-15-20(19-11-12-28-24-22(19)21(26)14-29-24)23(30-31)16-7-6-10-18(13-16)32(25(27)33)17-8-4-3-5-9-17/h3-15H,2H2,1H3,(H2,27,33)(H,28,29). The first-order chi connectivity index (χ1) is 16.1. The number of amides is 2. The number of nitrogens with zero attached hydrogens (tertiary/aromatic N) is 4. The van der Waals surface area contributed by atoms with Gasteiger partial charge in [0.25, 0.3) is 0 Å². The van der Waals surface area contributed by atoms with Crippen molar-refractivity contribution in [1.82, 2.24) is 19.7 Å². The molecule has 0 saturated heterocycles. The maximum Gasteiger partial charge on any atom is 0.323 e. The molecule has 3 N–H and O–H groups in total. The molecule has 164 valence electrons. The third-order valence-corrected chi connectivity index (χ3v) is 5.81. The molecule has 0 aliphatic rings. The highest BCUT2D eigenvalue weighted by atomic mass is 35.5. The topological polar surface area (TPSA) is 92.8 Å². The molecule has 0 saturated carbocycles. The first kappa shape index (κ1) is 20.8. The molecule has 5 rings (SSSR count). The van der Waals surface area contributed by atoms with Gasteiger partial charge in [-0.2, -0.15) is 5.10 Å². The predicted molar refractivity (Wildman–Crippen MR) is 132 cm³/mol. The summed E-state index contributed by atoms with van der Waals surface area (Å²) >= 11 is 6.48. The molecule has 0 aliphatic heterocycles. The average molecular weight is 457 g/mol. The number of hydrogen-bond acceptors (Lipinski definition) is 3. The Labute approximate surface area is 195 Å². The van der Waals surface area contributed by atoms with Gasteiger partial charge in [0.15, 0.2) is 0 Å². The zero-order chi connectivity index (χ0) is 22.9. The number of hydrogen-bond donors (Lipinski definition) is 2. The van der Waals surface area contributed by atoms with Crippen LogP contribution >= 0.6 is 11.6 Å². The molecule has 0 radical (unpaired) electrons. The Morgan fingerprint density at radius 3 is 2.64 bits per heavy atom. The third-order valence-electron chi connectivity index (χ3n) is 5.51. The van der Waals surface area contributed by atoms with Gasteiger partial charge in [-0.15, -0.1) is 0 Å². The summed E-state index contributed by atoms with van der Waals surface area (Å²) in [7, 11) is 0. The number of rotatable bonds is 5. The van der Waals surface area contributed by atoms with E-state index in [1.807, 2.05) is 78.5 Å². The van der Waals surface area contributed by atoms with E-state index in [-0.39, 0.29) is 0 Å². The first-order valence-corrected chi connectivity index (χ1v) is 10.9. The Hall–Kier alpha value is -4.10. The van der Waals surface area contributed by atoms with Gasteiger partial charge in [-0.1, -0.05) is 41.9 Å². The number of H-pyrrole nitrogens is 1. The summed E-state index contributed by atoms with van der Waals surface area (Å²) < 4.78 is 1.88. The second kappa shape index (κ2) is 8.44. The fourth-order valence-electron chi connectivity index (χ4n) is 4.01. The van der Waals surface area contributed by atoms with Crippen molar-refractivity contribution in [1.29, 1.82) is 0 Å². The summed E-state index contributed by atoms with van der Waals surface area (Å²) in [6.45, 7) is 2.74. The molecule has 3 heterocycles. The van der Waals surface area contributed by atoms with Crippen LogP contribution in [0.25, 0.3) is 33.4 Å². The lowest BCUT2D eigenvalue weighted by Gasteiger charge is -2.21. The number of carbonyl (C=O) groups excluding carboxylic acids is 1. The van der Waals surface area contributed by atoms with Crippen LogP contribution in [0.3, 0.4) is 0 Å². The molecule has 0 spiro atoms. The molecule has 0 atom stereocenters. The van der Waals surface area contributed by atoms with Crippen LogP contribution in [0.5, 0.6) is 0 Å². The summed E-state index contributed by atoms with van der Waals surface area (Å²) in [5.41, 5.74) is 11.3. The van der Waals surface area contributed by atoms with E-state index >= 15 is 0 Å². The van der Waals surface area contributed by atoms with Crippen molar-refractivity contribution in [2.45, 2.75) is 13.5 Å². The molecular formula is C25H21ClN6O. The number of primary amides is 1. The minimum atomic E-state index is -0.562. The number of aromatic nitrogens is 4. The molecule has 0 aliphatic carbocycles. The molecule has 0 bridgehead atoms. The smallest absolute Gasteiger partial charge is 0.323 e. The maximum atomic E-state index is 12.3. The lowest BCUT2D eigenvalue weighted by molar-refractivity contribution is 0.256. The number of para-hydroxylation sites is 1.